The van der Waals surface area contributed by atoms with Crippen molar-refractivity contribution in [3.63, 3.8) is 0 Å². The van der Waals surface area contributed by atoms with E-state index in [4.69, 9.17) is 4.74 Å². The van der Waals surface area contributed by atoms with Gasteiger partial charge in [0.15, 0.2) is 6.10 Å². The number of rotatable bonds is 5. The molecule has 7 heteroatoms. The number of benzene rings is 3. The zero-order valence-electron chi connectivity index (χ0n) is 17.2. The van der Waals surface area contributed by atoms with Crippen LogP contribution in [-0.2, 0) is 21.2 Å². The number of carbonyl (C=O) groups excluding carboxylic acids is 1. The molecule has 156 valence electrons. The fraction of sp³-hybridized carbons (Fsp3) is 0.261. The molecule has 1 atom stereocenters. The minimum absolute atomic E-state index is 0.148. The summed E-state index contributed by atoms with van der Waals surface area (Å²) in [6.45, 7) is 2.25. The summed E-state index contributed by atoms with van der Waals surface area (Å²) in [7, 11) is -0.500. The van der Waals surface area contributed by atoms with Crippen LogP contribution in [0.25, 0.3) is 10.8 Å². The summed E-state index contributed by atoms with van der Waals surface area (Å²) in [4.78, 5) is 15.0. The van der Waals surface area contributed by atoms with Crippen molar-refractivity contribution in [3.8, 4) is 5.75 Å². The smallest absolute Gasteiger partial charge is 0.267 e. The Hall–Kier alpha value is -2.90. The predicted octanol–water partition coefficient (Wildman–Crippen LogP) is 3.45. The lowest BCUT2D eigenvalue weighted by molar-refractivity contribution is -0.124. The van der Waals surface area contributed by atoms with Gasteiger partial charge in [0.1, 0.15) is 5.75 Å². The Morgan fingerprint density at radius 2 is 1.80 bits per heavy atom. The van der Waals surface area contributed by atoms with Crippen molar-refractivity contribution in [3.05, 3.63) is 66.2 Å². The number of amides is 1. The number of carbonyl (C=O) groups is 1. The average Bonchev–Trinajstić information content (AvgIpc) is 3.16. The van der Waals surface area contributed by atoms with E-state index < -0.39 is 16.1 Å². The third kappa shape index (κ3) is 3.55. The van der Waals surface area contributed by atoms with E-state index in [1.165, 1.54) is 18.4 Å². The predicted molar refractivity (Wildman–Crippen MR) is 117 cm³/mol. The maximum Gasteiger partial charge on any atom is 0.267 e. The minimum Gasteiger partial charge on any atom is -0.480 e. The number of sulfonamides is 1. The van der Waals surface area contributed by atoms with E-state index in [0.717, 1.165) is 22.0 Å². The molecule has 4 rings (SSSR count). The normalized spacial score (nSPS) is 14.7. The molecule has 0 bridgehead atoms. The Morgan fingerprint density at radius 3 is 2.57 bits per heavy atom. The Labute approximate surface area is 176 Å². The average molecular weight is 425 g/mol. The van der Waals surface area contributed by atoms with Crippen LogP contribution in [-0.4, -0.2) is 45.4 Å². The first-order valence-electron chi connectivity index (χ1n) is 9.80. The Kier molecular flexibility index (Phi) is 5.26. The van der Waals surface area contributed by atoms with Gasteiger partial charge in [-0.3, -0.25) is 4.79 Å². The largest absolute Gasteiger partial charge is 0.480 e. The van der Waals surface area contributed by atoms with E-state index in [1.54, 1.807) is 30.0 Å². The first kappa shape index (κ1) is 20.4. The van der Waals surface area contributed by atoms with Crippen molar-refractivity contribution in [2.45, 2.75) is 24.3 Å². The highest BCUT2D eigenvalue weighted by molar-refractivity contribution is 7.89. The number of hydrogen-bond acceptors (Lipinski definition) is 4. The lowest BCUT2D eigenvalue weighted by Gasteiger charge is -2.23. The topological polar surface area (TPSA) is 66.9 Å². The van der Waals surface area contributed by atoms with Crippen molar-refractivity contribution in [2.75, 3.05) is 25.5 Å². The third-order valence-corrected chi connectivity index (χ3v) is 7.20. The van der Waals surface area contributed by atoms with Gasteiger partial charge in [-0.05, 0) is 48.6 Å². The molecule has 0 aliphatic carbocycles. The lowest BCUT2D eigenvalue weighted by Crippen LogP contribution is -2.39. The van der Waals surface area contributed by atoms with Crippen molar-refractivity contribution in [1.82, 2.24) is 4.31 Å². The molecule has 3 aromatic rings. The molecule has 0 saturated heterocycles. The van der Waals surface area contributed by atoms with Crippen LogP contribution in [0.2, 0.25) is 0 Å². The molecule has 0 N–H and O–H groups in total. The quantitative estimate of drug-likeness (QED) is 0.629. The molecule has 1 heterocycles. The number of fused-ring (bicyclic) bond motifs is 2. The summed E-state index contributed by atoms with van der Waals surface area (Å²) in [5.74, 6) is 0.519. The number of anilines is 1. The number of hydrogen-bond donors (Lipinski definition) is 0. The van der Waals surface area contributed by atoms with Gasteiger partial charge in [0.2, 0.25) is 10.0 Å². The number of ether oxygens (including phenoxy) is 1. The molecule has 0 spiro atoms. The van der Waals surface area contributed by atoms with E-state index in [0.29, 0.717) is 18.7 Å². The maximum absolute atomic E-state index is 13.1. The van der Waals surface area contributed by atoms with Gasteiger partial charge >= 0.3 is 0 Å². The molecule has 0 fully saturated rings. The van der Waals surface area contributed by atoms with Crippen LogP contribution in [0.3, 0.4) is 0 Å². The zero-order valence-corrected chi connectivity index (χ0v) is 18.0. The first-order valence-corrected chi connectivity index (χ1v) is 11.2. The molecular formula is C23H24N2O4S. The van der Waals surface area contributed by atoms with Crippen LogP contribution in [0.1, 0.15) is 12.5 Å². The second kappa shape index (κ2) is 7.74. The highest BCUT2D eigenvalue weighted by Gasteiger charge is 2.30. The highest BCUT2D eigenvalue weighted by atomic mass is 32.2. The number of nitrogens with zero attached hydrogens (tertiary/aromatic N) is 2. The monoisotopic (exact) mass is 424 g/mol. The fourth-order valence-electron chi connectivity index (χ4n) is 3.74. The van der Waals surface area contributed by atoms with Crippen molar-refractivity contribution >= 4 is 32.4 Å². The molecule has 3 aromatic carbocycles. The molecule has 30 heavy (non-hydrogen) atoms. The van der Waals surface area contributed by atoms with Gasteiger partial charge in [0.05, 0.1) is 4.90 Å². The first-order chi connectivity index (χ1) is 14.3. The van der Waals surface area contributed by atoms with Crippen LogP contribution in [0.4, 0.5) is 5.69 Å². The van der Waals surface area contributed by atoms with Gasteiger partial charge in [-0.15, -0.1) is 0 Å². The summed E-state index contributed by atoms with van der Waals surface area (Å²) >= 11 is 0. The second-order valence-electron chi connectivity index (χ2n) is 7.56. The molecular weight excluding hydrogens is 400 g/mol. The highest BCUT2D eigenvalue weighted by Crippen LogP contribution is 2.32. The summed E-state index contributed by atoms with van der Waals surface area (Å²) in [6.07, 6.45) is -0.0642. The molecule has 1 aliphatic rings. The Balaban J connectivity index is 1.57. The third-order valence-electron chi connectivity index (χ3n) is 5.39. The van der Waals surface area contributed by atoms with Gasteiger partial charge in [0.25, 0.3) is 5.91 Å². The molecule has 0 saturated carbocycles. The van der Waals surface area contributed by atoms with Crippen molar-refractivity contribution in [1.29, 1.82) is 0 Å². The molecule has 6 nitrogen and oxygen atoms in total. The molecule has 1 aliphatic heterocycles. The molecule has 1 unspecified atom stereocenters. The summed E-state index contributed by atoms with van der Waals surface area (Å²) in [6, 6.07) is 18.6. The van der Waals surface area contributed by atoms with Crippen LogP contribution >= 0.6 is 0 Å². The van der Waals surface area contributed by atoms with Gasteiger partial charge in [0, 0.05) is 31.7 Å². The SMILES string of the molecule is CC(Oc1cccc2ccccc12)C(=O)N1CCc2cc(S(=O)(=O)N(C)C)ccc21. The van der Waals surface area contributed by atoms with Gasteiger partial charge < -0.3 is 9.64 Å². The van der Waals surface area contributed by atoms with Crippen LogP contribution in [0, 0.1) is 0 Å². The van der Waals surface area contributed by atoms with Crippen molar-refractivity contribution in [2.24, 2.45) is 0 Å². The second-order valence-corrected chi connectivity index (χ2v) is 9.71. The van der Waals surface area contributed by atoms with Crippen LogP contribution in [0.15, 0.2) is 65.6 Å². The van der Waals surface area contributed by atoms with E-state index in [-0.39, 0.29) is 10.8 Å². The summed E-state index contributed by atoms with van der Waals surface area (Å²) in [5.41, 5.74) is 1.59. The molecule has 0 aromatic heterocycles. The van der Waals surface area contributed by atoms with Gasteiger partial charge in [-0.2, -0.15) is 0 Å². The van der Waals surface area contributed by atoms with E-state index in [1.807, 2.05) is 42.5 Å². The van der Waals surface area contributed by atoms with Crippen molar-refractivity contribution < 1.29 is 17.9 Å². The maximum atomic E-state index is 13.1. The Bertz CT molecular complexity index is 1220. The lowest BCUT2D eigenvalue weighted by atomic mass is 10.1. The van der Waals surface area contributed by atoms with Crippen LogP contribution < -0.4 is 9.64 Å². The fourth-order valence-corrected chi connectivity index (χ4v) is 4.69. The Morgan fingerprint density at radius 1 is 1.07 bits per heavy atom. The van der Waals surface area contributed by atoms with Gasteiger partial charge in [-0.25, -0.2) is 12.7 Å². The van der Waals surface area contributed by atoms with E-state index in [9.17, 15) is 13.2 Å². The van der Waals surface area contributed by atoms with Gasteiger partial charge in [-0.1, -0.05) is 36.4 Å². The summed E-state index contributed by atoms with van der Waals surface area (Å²) in [5, 5.41) is 2.01. The molecule has 0 radical (unpaired) electrons. The van der Waals surface area contributed by atoms with E-state index in [2.05, 4.69) is 0 Å². The minimum atomic E-state index is -3.51. The zero-order chi connectivity index (χ0) is 21.5. The van der Waals surface area contributed by atoms with Crippen LogP contribution in [0.5, 0.6) is 5.75 Å². The molecule has 1 amide bonds. The standard InChI is InChI=1S/C23H24N2O4S/c1-16(29-22-10-6-8-17-7-4-5-9-20(17)22)23(26)25-14-13-18-15-19(11-12-21(18)25)30(27,28)24(2)3/h4-12,15-16H,13-14H2,1-3H3. The van der Waals surface area contributed by atoms with E-state index >= 15 is 0 Å². The summed E-state index contributed by atoms with van der Waals surface area (Å²) < 4.78 is 32.0.